The molecule has 7 heteroatoms. The number of aromatic amines is 1. The zero-order chi connectivity index (χ0) is 21.6. The first-order valence-corrected chi connectivity index (χ1v) is 11.5. The van der Waals surface area contributed by atoms with Crippen LogP contribution in [0.15, 0.2) is 94.6 Å². The highest BCUT2D eigenvalue weighted by molar-refractivity contribution is 9.10. The maximum absolute atomic E-state index is 13.0. The Hall–Kier alpha value is -2.90. The van der Waals surface area contributed by atoms with E-state index in [-0.39, 0.29) is 17.2 Å². The number of H-pyrrole nitrogens is 1. The lowest BCUT2D eigenvalue weighted by Crippen LogP contribution is -2.35. The minimum Gasteiger partial charge on any atom is -0.344 e. The van der Waals surface area contributed by atoms with Crippen LogP contribution in [0.1, 0.15) is 24.1 Å². The van der Waals surface area contributed by atoms with Crippen molar-refractivity contribution in [1.82, 2.24) is 20.5 Å². The third kappa shape index (κ3) is 5.24. The summed E-state index contributed by atoms with van der Waals surface area (Å²) in [5.41, 5.74) is 2.99. The fourth-order valence-electron chi connectivity index (χ4n) is 3.19. The first-order valence-electron chi connectivity index (χ1n) is 9.86. The van der Waals surface area contributed by atoms with E-state index in [2.05, 4.69) is 36.4 Å². The zero-order valence-electron chi connectivity index (χ0n) is 16.8. The number of halogens is 1. The Labute approximate surface area is 193 Å². The molecule has 3 aromatic carbocycles. The number of thioether (sulfide) groups is 1. The summed E-state index contributed by atoms with van der Waals surface area (Å²) in [7, 11) is 0. The number of carbonyl (C=O) groups excluding carboxylic acids is 1. The molecule has 0 saturated carbocycles. The summed E-state index contributed by atoms with van der Waals surface area (Å²) in [4.78, 5) is 17.6. The largest absolute Gasteiger partial charge is 0.344 e. The van der Waals surface area contributed by atoms with Crippen molar-refractivity contribution in [2.75, 3.05) is 0 Å². The lowest BCUT2D eigenvalue weighted by molar-refractivity contribution is -0.120. The van der Waals surface area contributed by atoms with Crippen molar-refractivity contribution in [3.05, 3.63) is 101 Å². The highest BCUT2D eigenvalue weighted by Crippen LogP contribution is 2.28. The van der Waals surface area contributed by atoms with Crippen molar-refractivity contribution in [3.8, 4) is 11.4 Å². The van der Waals surface area contributed by atoms with Gasteiger partial charge in [-0.3, -0.25) is 9.89 Å². The summed E-state index contributed by atoms with van der Waals surface area (Å²) in [5, 5.41) is 10.6. The van der Waals surface area contributed by atoms with Gasteiger partial charge in [-0.1, -0.05) is 107 Å². The SMILES string of the molecule is CC(Sc1n[nH]c(-c2ccccc2Br)n1)C(=O)NC(c1ccccc1)c1ccccc1. The Bertz CT molecular complexity index is 1110. The van der Waals surface area contributed by atoms with Crippen LogP contribution >= 0.6 is 27.7 Å². The maximum atomic E-state index is 13.0. The monoisotopic (exact) mass is 492 g/mol. The summed E-state index contributed by atoms with van der Waals surface area (Å²) in [6, 6.07) is 27.5. The predicted molar refractivity (Wildman–Crippen MR) is 128 cm³/mol. The normalized spacial score (nSPS) is 12.0. The molecule has 1 heterocycles. The first kappa shape index (κ1) is 21.3. The van der Waals surface area contributed by atoms with Gasteiger partial charge in [0.25, 0.3) is 0 Å². The van der Waals surface area contributed by atoms with Crippen LogP contribution in [-0.2, 0) is 4.79 Å². The van der Waals surface area contributed by atoms with Crippen LogP contribution in [0.5, 0.6) is 0 Å². The minimum atomic E-state index is -0.363. The first-order chi connectivity index (χ1) is 15.1. The molecule has 31 heavy (non-hydrogen) atoms. The van der Waals surface area contributed by atoms with Gasteiger partial charge in [0.15, 0.2) is 5.82 Å². The second-order valence-electron chi connectivity index (χ2n) is 6.97. The maximum Gasteiger partial charge on any atom is 0.234 e. The Balaban J connectivity index is 1.48. The summed E-state index contributed by atoms with van der Waals surface area (Å²) in [6.07, 6.45) is 0. The highest BCUT2D eigenvalue weighted by atomic mass is 79.9. The minimum absolute atomic E-state index is 0.0741. The Morgan fingerprint density at radius 2 is 1.52 bits per heavy atom. The number of nitrogens with zero attached hydrogens (tertiary/aromatic N) is 2. The molecule has 0 aliphatic rings. The Kier molecular flexibility index (Phi) is 6.84. The molecule has 1 atom stereocenters. The van der Waals surface area contributed by atoms with Crippen LogP contribution in [-0.4, -0.2) is 26.3 Å². The van der Waals surface area contributed by atoms with E-state index in [0.717, 1.165) is 21.2 Å². The lowest BCUT2D eigenvalue weighted by Gasteiger charge is -2.21. The molecule has 1 amide bonds. The Morgan fingerprint density at radius 3 is 2.13 bits per heavy atom. The molecule has 4 rings (SSSR count). The third-order valence-corrected chi connectivity index (χ3v) is 6.45. The Morgan fingerprint density at radius 1 is 0.935 bits per heavy atom. The van der Waals surface area contributed by atoms with Crippen molar-refractivity contribution in [2.24, 2.45) is 0 Å². The number of rotatable bonds is 7. The van der Waals surface area contributed by atoms with Crippen LogP contribution in [0.2, 0.25) is 0 Å². The molecule has 0 saturated heterocycles. The quantitative estimate of drug-likeness (QED) is 0.328. The molecule has 1 aromatic heterocycles. The summed E-state index contributed by atoms with van der Waals surface area (Å²) in [5.74, 6) is 0.587. The van der Waals surface area contributed by atoms with E-state index in [0.29, 0.717) is 11.0 Å². The van der Waals surface area contributed by atoms with Gasteiger partial charge in [-0.2, -0.15) is 0 Å². The standard InChI is InChI=1S/C24H21BrN4OS/c1-16(31-24-27-22(28-29-24)19-14-8-9-15-20(19)25)23(30)26-21(17-10-4-2-5-11-17)18-12-6-3-7-13-18/h2-16,21H,1H3,(H,26,30)(H,27,28,29). The summed E-state index contributed by atoms with van der Waals surface area (Å²) < 4.78 is 0.932. The molecule has 5 nitrogen and oxygen atoms in total. The number of hydrogen-bond acceptors (Lipinski definition) is 4. The van der Waals surface area contributed by atoms with Crippen molar-refractivity contribution >= 4 is 33.6 Å². The number of carbonyl (C=O) groups is 1. The molecule has 0 fully saturated rings. The van der Waals surface area contributed by atoms with Crippen molar-refractivity contribution in [2.45, 2.75) is 23.4 Å². The molecule has 4 aromatic rings. The van der Waals surface area contributed by atoms with Gasteiger partial charge in [0.1, 0.15) is 0 Å². The van der Waals surface area contributed by atoms with Gasteiger partial charge in [0, 0.05) is 10.0 Å². The molecule has 156 valence electrons. The lowest BCUT2D eigenvalue weighted by atomic mass is 9.98. The average molecular weight is 493 g/mol. The number of hydrogen-bond donors (Lipinski definition) is 2. The molecule has 0 aliphatic heterocycles. The van der Waals surface area contributed by atoms with E-state index in [9.17, 15) is 4.79 Å². The second-order valence-corrected chi connectivity index (χ2v) is 9.13. The van der Waals surface area contributed by atoms with Gasteiger partial charge in [0.2, 0.25) is 11.1 Å². The molecule has 1 unspecified atom stereocenters. The molecular weight excluding hydrogens is 472 g/mol. The van der Waals surface area contributed by atoms with Gasteiger partial charge < -0.3 is 5.32 Å². The molecule has 0 bridgehead atoms. The topological polar surface area (TPSA) is 70.7 Å². The van der Waals surface area contributed by atoms with Crippen LogP contribution in [0.25, 0.3) is 11.4 Å². The highest BCUT2D eigenvalue weighted by Gasteiger charge is 2.22. The second kappa shape index (κ2) is 9.94. The fourth-order valence-corrected chi connectivity index (χ4v) is 4.40. The molecule has 2 N–H and O–H groups in total. The van der Waals surface area contributed by atoms with Crippen molar-refractivity contribution in [3.63, 3.8) is 0 Å². The third-order valence-electron chi connectivity index (χ3n) is 4.80. The predicted octanol–water partition coefficient (Wildman–Crippen LogP) is 5.62. The number of benzene rings is 3. The summed E-state index contributed by atoms with van der Waals surface area (Å²) in [6.45, 7) is 1.86. The molecule has 0 radical (unpaired) electrons. The van der Waals surface area contributed by atoms with Crippen molar-refractivity contribution < 1.29 is 4.79 Å². The molecule has 0 spiro atoms. The van der Waals surface area contributed by atoms with Crippen LogP contribution < -0.4 is 5.32 Å². The van der Waals surface area contributed by atoms with E-state index in [1.807, 2.05) is 91.9 Å². The van der Waals surface area contributed by atoms with E-state index in [1.165, 1.54) is 11.8 Å². The average Bonchev–Trinajstić information content (AvgIpc) is 3.27. The smallest absolute Gasteiger partial charge is 0.234 e. The van der Waals surface area contributed by atoms with E-state index < -0.39 is 0 Å². The fraction of sp³-hybridized carbons (Fsp3) is 0.125. The van der Waals surface area contributed by atoms with Gasteiger partial charge in [-0.25, -0.2) is 4.98 Å². The number of nitrogens with one attached hydrogen (secondary N) is 2. The van der Waals surface area contributed by atoms with Crippen molar-refractivity contribution in [1.29, 1.82) is 0 Å². The van der Waals surface area contributed by atoms with E-state index in [1.54, 1.807) is 0 Å². The van der Waals surface area contributed by atoms with Crippen LogP contribution in [0.4, 0.5) is 0 Å². The van der Waals surface area contributed by atoms with Gasteiger partial charge >= 0.3 is 0 Å². The molecular formula is C24H21BrN4OS. The van der Waals surface area contributed by atoms with Crippen LogP contribution in [0, 0.1) is 0 Å². The zero-order valence-corrected chi connectivity index (χ0v) is 19.2. The van der Waals surface area contributed by atoms with Gasteiger partial charge in [0.05, 0.1) is 11.3 Å². The van der Waals surface area contributed by atoms with E-state index >= 15 is 0 Å². The summed E-state index contributed by atoms with van der Waals surface area (Å²) >= 11 is 4.85. The molecule has 0 aliphatic carbocycles. The number of amides is 1. The van der Waals surface area contributed by atoms with Gasteiger partial charge in [-0.05, 0) is 24.1 Å². The van der Waals surface area contributed by atoms with Gasteiger partial charge in [-0.15, -0.1) is 5.10 Å². The van der Waals surface area contributed by atoms with Crippen LogP contribution in [0.3, 0.4) is 0 Å². The van der Waals surface area contributed by atoms with E-state index in [4.69, 9.17) is 0 Å². The number of aromatic nitrogens is 3.